The van der Waals surface area contributed by atoms with Crippen molar-refractivity contribution in [2.75, 3.05) is 20.0 Å². The topological polar surface area (TPSA) is 57.4 Å². The summed E-state index contributed by atoms with van der Waals surface area (Å²) in [5.41, 5.74) is 6.53. The van der Waals surface area contributed by atoms with Gasteiger partial charge >= 0.3 is 0 Å². The molecule has 0 amide bonds. The average Bonchev–Trinajstić information content (AvgIpc) is 2.38. The molecule has 0 fully saturated rings. The predicted molar refractivity (Wildman–Crippen MR) is 67.1 cm³/mol. The molecule has 0 radical (unpaired) electrons. The second-order valence-electron chi connectivity index (χ2n) is 3.70. The van der Waals surface area contributed by atoms with Crippen molar-refractivity contribution in [1.29, 1.82) is 0 Å². The summed E-state index contributed by atoms with van der Waals surface area (Å²) in [6, 6.07) is 6.31. The minimum absolute atomic E-state index is 0.210. The largest absolute Gasteiger partial charge is 0.497 e. The number of pyridine rings is 1. The molecule has 0 aliphatic carbocycles. The zero-order chi connectivity index (χ0) is 13.1. The lowest BCUT2D eigenvalue weighted by molar-refractivity contribution is 0.394. The number of ether oxygens (including phenoxy) is 2. The number of benzene rings is 1. The van der Waals surface area contributed by atoms with Gasteiger partial charge in [0, 0.05) is 17.7 Å². The normalized spacial score (nSPS) is 10.2. The van der Waals surface area contributed by atoms with Crippen LogP contribution in [0.5, 0.6) is 11.5 Å². The highest BCUT2D eigenvalue weighted by Crippen LogP contribution is 2.30. The fraction of sp³-hybridized carbons (Fsp3) is 0.154. The second kappa shape index (κ2) is 4.91. The van der Waals surface area contributed by atoms with Crippen LogP contribution in [0, 0.1) is 5.82 Å². The van der Waals surface area contributed by atoms with E-state index in [0.717, 1.165) is 0 Å². The van der Waals surface area contributed by atoms with Gasteiger partial charge in [-0.3, -0.25) is 4.98 Å². The van der Waals surface area contributed by atoms with E-state index in [4.69, 9.17) is 15.2 Å². The van der Waals surface area contributed by atoms with Crippen LogP contribution in [0.25, 0.3) is 11.3 Å². The number of hydrogen-bond acceptors (Lipinski definition) is 4. The molecule has 0 aliphatic rings. The second-order valence-corrected chi connectivity index (χ2v) is 3.70. The molecule has 1 aromatic carbocycles. The van der Waals surface area contributed by atoms with Crippen molar-refractivity contribution in [3.63, 3.8) is 0 Å². The number of nitrogens with zero attached hydrogens (tertiary/aromatic N) is 1. The zero-order valence-corrected chi connectivity index (χ0v) is 10.1. The van der Waals surface area contributed by atoms with E-state index in [-0.39, 0.29) is 11.4 Å². The summed E-state index contributed by atoms with van der Waals surface area (Å²) < 4.78 is 24.0. The van der Waals surface area contributed by atoms with Crippen molar-refractivity contribution in [3.05, 3.63) is 36.3 Å². The van der Waals surface area contributed by atoms with Crippen molar-refractivity contribution in [3.8, 4) is 22.8 Å². The summed E-state index contributed by atoms with van der Waals surface area (Å²) >= 11 is 0. The molecule has 0 aliphatic heterocycles. The monoisotopic (exact) mass is 248 g/mol. The number of nitrogens with two attached hydrogens (primary N) is 1. The quantitative estimate of drug-likeness (QED) is 0.906. The maximum absolute atomic E-state index is 13.8. The smallest absolute Gasteiger partial charge is 0.151 e. The van der Waals surface area contributed by atoms with Gasteiger partial charge in [-0.05, 0) is 12.1 Å². The van der Waals surface area contributed by atoms with Crippen LogP contribution in [0.3, 0.4) is 0 Å². The molecule has 2 rings (SSSR count). The standard InChI is InChI=1S/C13H13FN2O2/c1-17-10-3-8(4-11(6-10)18-2)13-12(14)5-9(15)7-16-13/h3-7H,15H2,1-2H3. The molecule has 5 heteroatoms. The van der Waals surface area contributed by atoms with Gasteiger partial charge in [0.15, 0.2) is 5.82 Å². The van der Waals surface area contributed by atoms with Gasteiger partial charge in [-0.2, -0.15) is 0 Å². The lowest BCUT2D eigenvalue weighted by Gasteiger charge is -2.09. The summed E-state index contributed by atoms with van der Waals surface area (Å²) in [5.74, 6) is 0.662. The Labute approximate surface area is 104 Å². The van der Waals surface area contributed by atoms with E-state index >= 15 is 0 Å². The summed E-state index contributed by atoms with van der Waals surface area (Å²) in [7, 11) is 3.07. The number of methoxy groups -OCH3 is 2. The molecular weight excluding hydrogens is 235 g/mol. The number of hydrogen-bond donors (Lipinski definition) is 1. The number of aromatic nitrogens is 1. The number of rotatable bonds is 3. The highest BCUT2D eigenvalue weighted by molar-refractivity contribution is 5.65. The van der Waals surface area contributed by atoms with Crippen LogP contribution < -0.4 is 15.2 Å². The van der Waals surface area contributed by atoms with Crippen molar-refractivity contribution in [2.45, 2.75) is 0 Å². The first-order valence-corrected chi connectivity index (χ1v) is 5.28. The van der Waals surface area contributed by atoms with E-state index in [1.807, 2.05) is 0 Å². The Hall–Kier alpha value is -2.30. The third kappa shape index (κ3) is 2.34. The van der Waals surface area contributed by atoms with Crippen LogP contribution in [0.1, 0.15) is 0 Å². The first-order chi connectivity index (χ1) is 8.63. The van der Waals surface area contributed by atoms with E-state index < -0.39 is 5.82 Å². The average molecular weight is 248 g/mol. The molecule has 4 nitrogen and oxygen atoms in total. The lowest BCUT2D eigenvalue weighted by Crippen LogP contribution is -1.95. The zero-order valence-electron chi connectivity index (χ0n) is 10.1. The molecule has 1 aromatic heterocycles. The molecule has 0 saturated heterocycles. The third-order valence-corrected chi connectivity index (χ3v) is 2.49. The van der Waals surface area contributed by atoms with Crippen LogP contribution >= 0.6 is 0 Å². The molecule has 0 atom stereocenters. The van der Waals surface area contributed by atoms with Crippen molar-refractivity contribution < 1.29 is 13.9 Å². The first-order valence-electron chi connectivity index (χ1n) is 5.28. The summed E-state index contributed by atoms with van der Waals surface area (Å²) in [5, 5.41) is 0. The molecule has 0 bridgehead atoms. The minimum atomic E-state index is -0.481. The SMILES string of the molecule is COc1cc(OC)cc(-c2ncc(N)cc2F)c1. The van der Waals surface area contributed by atoms with E-state index in [2.05, 4.69) is 4.98 Å². The highest BCUT2D eigenvalue weighted by atomic mass is 19.1. The molecule has 0 unspecified atom stereocenters. The summed E-state index contributed by atoms with van der Waals surface area (Å²) in [6.45, 7) is 0. The Kier molecular flexibility index (Phi) is 3.32. The Morgan fingerprint density at radius 1 is 1.06 bits per heavy atom. The van der Waals surface area contributed by atoms with Gasteiger partial charge in [-0.1, -0.05) is 0 Å². The van der Waals surface area contributed by atoms with E-state index in [1.54, 1.807) is 18.2 Å². The van der Waals surface area contributed by atoms with E-state index in [0.29, 0.717) is 17.1 Å². The molecular formula is C13H13FN2O2. The van der Waals surface area contributed by atoms with Gasteiger partial charge in [0.25, 0.3) is 0 Å². The van der Waals surface area contributed by atoms with E-state index in [9.17, 15) is 4.39 Å². The number of nitrogen functional groups attached to an aromatic ring is 1. The van der Waals surface area contributed by atoms with Gasteiger partial charge in [-0.15, -0.1) is 0 Å². The van der Waals surface area contributed by atoms with Gasteiger partial charge in [-0.25, -0.2) is 4.39 Å². The van der Waals surface area contributed by atoms with Gasteiger partial charge in [0.1, 0.15) is 17.2 Å². The third-order valence-electron chi connectivity index (χ3n) is 2.49. The Morgan fingerprint density at radius 3 is 2.17 bits per heavy atom. The van der Waals surface area contributed by atoms with Gasteiger partial charge in [0.05, 0.1) is 26.1 Å². The molecule has 2 N–H and O–H groups in total. The Bertz CT molecular complexity index is 551. The molecule has 0 saturated carbocycles. The maximum Gasteiger partial charge on any atom is 0.151 e. The van der Waals surface area contributed by atoms with Crippen LogP contribution in [0.2, 0.25) is 0 Å². The Morgan fingerprint density at radius 2 is 1.67 bits per heavy atom. The molecule has 18 heavy (non-hydrogen) atoms. The van der Waals surface area contributed by atoms with Crippen molar-refractivity contribution in [2.24, 2.45) is 0 Å². The first kappa shape index (κ1) is 12.2. The van der Waals surface area contributed by atoms with Crippen molar-refractivity contribution >= 4 is 5.69 Å². The Balaban J connectivity index is 2.55. The summed E-state index contributed by atoms with van der Waals surface area (Å²) in [6.07, 6.45) is 1.41. The molecule has 1 heterocycles. The van der Waals surface area contributed by atoms with Gasteiger partial charge < -0.3 is 15.2 Å². The fourth-order valence-corrected chi connectivity index (χ4v) is 1.61. The molecule has 2 aromatic rings. The van der Waals surface area contributed by atoms with Crippen LogP contribution in [-0.4, -0.2) is 19.2 Å². The predicted octanol–water partition coefficient (Wildman–Crippen LogP) is 2.49. The van der Waals surface area contributed by atoms with E-state index in [1.165, 1.54) is 26.5 Å². The lowest BCUT2D eigenvalue weighted by atomic mass is 10.1. The minimum Gasteiger partial charge on any atom is -0.497 e. The molecule has 0 spiro atoms. The fourth-order valence-electron chi connectivity index (χ4n) is 1.61. The maximum atomic E-state index is 13.8. The van der Waals surface area contributed by atoms with Crippen LogP contribution in [0.15, 0.2) is 30.5 Å². The van der Waals surface area contributed by atoms with Crippen LogP contribution in [0.4, 0.5) is 10.1 Å². The number of anilines is 1. The molecule has 94 valence electrons. The summed E-state index contributed by atoms with van der Waals surface area (Å²) in [4.78, 5) is 3.99. The van der Waals surface area contributed by atoms with Gasteiger partial charge in [0.2, 0.25) is 0 Å². The van der Waals surface area contributed by atoms with Crippen LogP contribution in [-0.2, 0) is 0 Å². The highest BCUT2D eigenvalue weighted by Gasteiger charge is 2.10. The number of halogens is 1. The van der Waals surface area contributed by atoms with Crippen molar-refractivity contribution in [1.82, 2.24) is 4.98 Å².